The molecule has 6 nitrogen and oxygen atoms in total. The lowest BCUT2D eigenvalue weighted by Crippen LogP contribution is -2.70. The van der Waals surface area contributed by atoms with Crippen molar-refractivity contribution in [3.63, 3.8) is 0 Å². The van der Waals surface area contributed by atoms with E-state index in [1.54, 1.807) is 6.92 Å². The van der Waals surface area contributed by atoms with E-state index in [4.69, 9.17) is 16.0 Å². The average molecular weight is 415 g/mol. The van der Waals surface area contributed by atoms with Crippen LogP contribution in [0, 0.1) is 12.8 Å². The van der Waals surface area contributed by atoms with E-state index in [1.807, 2.05) is 17.0 Å². The van der Waals surface area contributed by atoms with Gasteiger partial charge in [-0.2, -0.15) is 0 Å². The first-order valence-corrected chi connectivity index (χ1v) is 11.0. The third-order valence-electron chi connectivity index (χ3n) is 6.95. The molecule has 3 fully saturated rings. The van der Waals surface area contributed by atoms with Crippen LogP contribution in [0.25, 0.3) is 0 Å². The zero-order chi connectivity index (χ0) is 20.2. The molecule has 2 heterocycles. The SMILES string of the molecule is Cc1nnc([C@@]23C[C@@H](C)C[C@@H](C2)N3C(=O)Nc2ccc(Cl)c(C3CCCC3)c2)o1. The fourth-order valence-electron chi connectivity index (χ4n) is 5.79. The van der Waals surface area contributed by atoms with Crippen molar-refractivity contribution in [2.24, 2.45) is 5.92 Å². The first-order valence-electron chi connectivity index (χ1n) is 10.7. The van der Waals surface area contributed by atoms with Crippen molar-refractivity contribution in [1.29, 1.82) is 0 Å². The highest BCUT2D eigenvalue weighted by atomic mass is 35.5. The van der Waals surface area contributed by atoms with Gasteiger partial charge in [0, 0.05) is 30.1 Å². The maximum atomic E-state index is 13.3. The molecule has 154 valence electrons. The molecule has 0 unspecified atom stereocenters. The van der Waals surface area contributed by atoms with Gasteiger partial charge in [0.05, 0.1) is 0 Å². The smallest absolute Gasteiger partial charge is 0.322 e. The lowest BCUT2D eigenvalue weighted by molar-refractivity contribution is -0.110. The molecule has 2 saturated carbocycles. The summed E-state index contributed by atoms with van der Waals surface area (Å²) < 4.78 is 5.78. The molecule has 2 aromatic rings. The van der Waals surface area contributed by atoms with Crippen molar-refractivity contribution in [2.45, 2.75) is 76.3 Å². The Kier molecular flexibility index (Phi) is 4.57. The van der Waals surface area contributed by atoms with Gasteiger partial charge in [-0.3, -0.25) is 0 Å². The summed E-state index contributed by atoms with van der Waals surface area (Å²) in [5, 5.41) is 12.2. The average Bonchev–Trinajstić information content (AvgIpc) is 3.34. The molecular formula is C22H27ClN4O2. The summed E-state index contributed by atoms with van der Waals surface area (Å²) in [6.07, 6.45) is 7.59. The number of hydrogen-bond acceptors (Lipinski definition) is 4. The quantitative estimate of drug-likeness (QED) is 0.707. The molecule has 2 aliphatic carbocycles. The minimum Gasteiger partial charge on any atom is -0.423 e. The zero-order valence-corrected chi connectivity index (χ0v) is 17.7. The van der Waals surface area contributed by atoms with Gasteiger partial charge < -0.3 is 14.6 Å². The number of anilines is 1. The van der Waals surface area contributed by atoms with E-state index >= 15 is 0 Å². The van der Waals surface area contributed by atoms with Crippen molar-refractivity contribution in [3.8, 4) is 0 Å². The van der Waals surface area contributed by atoms with Crippen molar-refractivity contribution in [1.82, 2.24) is 15.1 Å². The predicted molar refractivity (Wildman–Crippen MR) is 111 cm³/mol. The molecule has 1 aliphatic heterocycles. The number of piperidine rings is 1. The Hall–Kier alpha value is -2.08. The molecule has 1 saturated heterocycles. The number of rotatable bonds is 3. The Labute approximate surface area is 176 Å². The Morgan fingerprint density at radius 2 is 2.07 bits per heavy atom. The monoisotopic (exact) mass is 414 g/mol. The number of hydrogen-bond donors (Lipinski definition) is 1. The van der Waals surface area contributed by atoms with Crippen LogP contribution in [0.5, 0.6) is 0 Å². The van der Waals surface area contributed by atoms with Crippen molar-refractivity contribution >= 4 is 23.3 Å². The number of nitrogens with zero attached hydrogens (tertiary/aromatic N) is 3. The Morgan fingerprint density at radius 1 is 1.28 bits per heavy atom. The summed E-state index contributed by atoms with van der Waals surface area (Å²) in [6, 6.07) is 5.97. The first kappa shape index (κ1) is 18.9. The molecule has 3 aliphatic rings. The van der Waals surface area contributed by atoms with Gasteiger partial charge in [-0.05, 0) is 61.3 Å². The third kappa shape index (κ3) is 3.12. The molecule has 29 heavy (non-hydrogen) atoms. The minimum absolute atomic E-state index is 0.0938. The highest BCUT2D eigenvalue weighted by molar-refractivity contribution is 6.31. The zero-order valence-electron chi connectivity index (χ0n) is 16.9. The number of likely N-dealkylation sites (tertiary alicyclic amines) is 1. The number of halogens is 1. The van der Waals surface area contributed by atoms with Gasteiger partial charge in [-0.15, -0.1) is 10.2 Å². The number of nitrogens with one attached hydrogen (secondary N) is 1. The first-order chi connectivity index (χ1) is 14.0. The fourth-order valence-corrected chi connectivity index (χ4v) is 6.06. The molecule has 3 atom stereocenters. The number of carbonyl (C=O) groups excluding carboxylic acids is 1. The Bertz CT molecular complexity index is 939. The number of benzene rings is 1. The summed E-state index contributed by atoms with van der Waals surface area (Å²) in [5.41, 5.74) is 1.48. The second-order valence-corrected chi connectivity index (χ2v) is 9.49. The maximum absolute atomic E-state index is 13.3. The topological polar surface area (TPSA) is 71.3 Å². The number of aryl methyl sites for hydroxylation is 1. The Morgan fingerprint density at radius 3 is 2.79 bits per heavy atom. The fraction of sp³-hybridized carbons (Fsp3) is 0.591. The summed E-state index contributed by atoms with van der Waals surface area (Å²) >= 11 is 6.46. The normalized spacial score (nSPS) is 29.0. The molecular weight excluding hydrogens is 388 g/mol. The van der Waals surface area contributed by atoms with Crippen molar-refractivity contribution in [2.75, 3.05) is 5.32 Å². The standard InChI is InChI=1S/C22H27ClN4O2/c1-13-9-17-12-22(11-13,20-26-25-14(2)29-20)27(17)21(28)24-16-7-8-19(23)18(10-16)15-5-3-4-6-15/h7-8,10,13,15,17H,3-6,9,11-12H2,1-2H3,(H,24,28)/t13-,17-,22+/m0/s1. The number of amides is 2. The molecule has 7 heteroatoms. The van der Waals surface area contributed by atoms with Gasteiger partial charge in [0.2, 0.25) is 11.8 Å². The summed E-state index contributed by atoms with van der Waals surface area (Å²) in [7, 11) is 0. The highest BCUT2D eigenvalue weighted by Crippen LogP contribution is 2.55. The van der Waals surface area contributed by atoms with Crippen LogP contribution in [0.15, 0.2) is 22.6 Å². The van der Waals surface area contributed by atoms with Crippen LogP contribution in [0.4, 0.5) is 10.5 Å². The van der Waals surface area contributed by atoms with E-state index < -0.39 is 5.54 Å². The number of aromatic nitrogens is 2. The van der Waals surface area contributed by atoms with Gasteiger partial charge >= 0.3 is 6.03 Å². The van der Waals surface area contributed by atoms with Crippen LogP contribution < -0.4 is 5.32 Å². The van der Waals surface area contributed by atoms with Crippen LogP contribution in [-0.2, 0) is 5.54 Å². The van der Waals surface area contributed by atoms with Gasteiger partial charge in [-0.25, -0.2) is 4.79 Å². The number of fused-ring (bicyclic) bond motifs is 2. The molecule has 0 radical (unpaired) electrons. The van der Waals surface area contributed by atoms with Crippen molar-refractivity contribution in [3.05, 3.63) is 40.6 Å². The van der Waals surface area contributed by atoms with E-state index in [9.17, 15) is 4.79 Å². The second kappa shape index (κ2) is 7.01. The number of urea groups is 1. The van der Waals surface area contributed by atoms with Crippen LogP contribution in [0.2, 0.25) is 5.02 Å². The molecule has 0 spiro atoms. The summed E-state index contributed by atoms with van der Waals surface area (Å²) in [5.74, 6) is 2.12. The van der Waals surface area contributed by atoms with Gasteiger partial charge in [0.15, 0.2) is 0 Å². The minimum atomic E-state index is -0.478. The van der Waals surface area contributed by atoms with Gasteiger partial charge in [0.1, 0.15) is 5.54 Å². The van der Waals surface area contributed by atoms with Crippen LogP contribution in [-0.4, -0.2) is 27.2 Å². The second-order valence-electron chi connectivity index (χ2n) is 9.08. The van der Waals surface area contributed by atoms with Crippen LogP contribution in [0.3, 0.4) is 0 Å². The van der Waals surface area contributed by atoms with Crippen molar-refractivity contribution < 1.29 is 9.21 Å². The third-order valence-corrected chi connectivity index (χ3v) is 7.29. The molecule has 1 aromatic carbocycles. The van der Waals surface area contributed by atoms with Crippen LogP contribution in [0.1, 0.15) is 75.1 Å². The number of carbonyl (C=O) groups is 1. The molecule has 2 bridgehead atoms. The molecule has 1 N–H and O–H groups in total. The molecule has 1 aromatic heterocycles. The van der Waals surface area contributed by atoms with Gasteiger partial charge in [-0.1, -0.05) is 31.4 Å². The van der Waals surface area contributed by atoms with Gasteiger partial charge in [0.25, 0.3) is 0 Å². The van der Waals surface area contributed by atoms with E-state index in [0.717, 1.165) is 35.5 Å². The molecule has 5 rings (SSSR count). The maximum Gasteiger partial charge on any atom is 0.322 e. The van der Waals surface area contributed by atoms with E-state index in [1.165, 1.54) is 25.7 Å². The summed E-state index contributed by atoms with van der Waals surface area (Å²) in [6.45, 7) is 4.02. The Balaban J connectivity index is 1.40. The van der Waals surface area contributed by atoms with E-state index in [-0.39, 0.29) is 12.1 Å². The molecule has 2 amide bonds. The van der Waals surface area contributed by atoms with Crippen LogP contribution >= 0.6 is 11.6 Å². The van der Waals surface area contributed by atoms with E-state index in [0.29, 0.717) is 23.6 Å². The predicted octanol–water partition coefficient (Wildman–Crippen LogP) is 5.62. The highest BCUT2D eigenvalue weighted by Gasteiger charge is 2.62. The lowest BCUT2D eigenvalue weighted by Gasteiger charge is -2.61. The largest absolute Gasteiger partial charge is 0.423 e. The summed E-state index contributed by atoms with van der Waals surface area (Å²) in [4.78, 5) is 15.2. The van der Waals surface area contributed by atoms with E-state index in [2.05, 4.69) is 28.5 Å². The lowest BCUT2D eigenvalue weighted by atomic mass is 9.64.